The molecule has 1 amide bonds. The zero-order valence-electron chi connectivity index (χ0n) is 8.34. The Balaban J connectivity index is 3.37. The van der Waals surface area contributed by atoms with Crippen LogP contribution < -0.4 is 10.0 Å². The Morgan fingerprint density at radius 1 is 1.53 bits per heavy atom. The fourth-order valence-electron chi connectivity index (χ4n) is 1.03. The third-order valence-electron chi connectivity index (χ3n) is 1.85. The maximum atomic E-state index is 11.2. The molecule has 1 aromatic heterocycles. The lowest BCUT2D eigenvalue weighted by molar-refractivity contribution is -0.116. The zero-order valence-corrected chi connectivity index (χ0v) is 9.15. The summed E-state index contributed by atoms with van der Waals surface area (Å²) in [6.07, 6.45) is 1.30. The highest BCUT2D eigenvalue weighted by Gasteiger charge is 2.19. The maximum Gasteiger partial charge on any atom is 0.257 e. The minimum absolute atomic E-state index is 0.174. The van der Waals surface area contributed by atoms with Crippen molar-refractivity contribution in [3.63, 3.8) is 0 Å². The Labute approximate surface area is 87.8 Å². The molecule has 0 spiro atoms. The highest BCUT2D eigenvalue weighted by Crippen LogP contribution is 2.20. The molecule has 6 nitrogen and oxygen atoms in total. The van der Waals surface area contributed by atoms with Gasteiger partial charge in [0.1, 0.15) is 0 Å². The number of aromatic nitrogens is 1. The number of hydrogen-bond donors (Lipinski definition) is 1. The highest BCUT2D eigenvalue weighted by atomic mass is 32.2. The molecule has 2 N–H and O–H groups in total. The summed E-state index contributed by atoms with van der Waals surface area (Å²) in [6.45, 7) is 1.32. The predicted octanol–water partition coefficient (Wildman–Crippen LogP) is -0.288. The van der Waals surface area contributed by atoms with Gasteiger partial charge >= 0.3 is 0 Å². The lowest BCUT2D eigenvalue weighted by Gasteiger charge is -2.16. The van der Waals surface area contributed by atoms with Crippen LogP contribution in [0.3, 0.4) is 0 Å². The third kappa shape index (κ3) is 2.51. The second-order valence-corrected chi connectivity index (χ2v) is 4.43. The Morgan fingerprint density at radius 3 is 2.60 bits per heavy atom. The molecule has 0 aromatic carbocycles. The smallest absolute Gasteiger partial charge is 0.257 e. The lowest BCUT2D eigenvalue weighted by Crippen LogP contribution is -2.26. The highest BCUT2D eigenvalue weighted by molar-refractivity contribution is 7.89. The van der Waals surface area contributed by atoms with Gasteiger partial charge in [0.25, 0.3) is 10.0 Å². The number of anilines is 1. The predicted molar refractivity (Wildman–Crippen MR) is 54.7 cm³/mol. The summed E-state index contributed by atoms with van der Waals surface area (Å²) in [5.41, 5.74) is 0.174. The number of carbonyl (C=O) groups excluding carboxylic acids is 1. The van der Waals surface area contributed by atoms with Gasteiger partial charge in [-0.15, -0.1) is 0 Å². The third-order valence-corrected chi connectivity index (χ3v) is 2.71. The van der Waals surface area contributed by atoms with Gasteiger partial charge in [-0.25, -0.2) is 18.5 Å². The van der Waals surface area contributed by atoms with Crippen LogP contribution in [0.25, 0.3) is 0 Å². The van der Waals surface area contributed by atoms with Crippen molar-refractivity contribution in [1.82, 2.24) is 4.98 Å². The van der Waals surface area contributed by atoms with Gasteiger partial charge < -0.3 is 4.90 Å². The van der Waals surface area contributed by atoms with E-state index < -0.39 is 10.0 Å². The molecule has 7 heteroatoms. The maximum absolute atomic E-state index is 11.2. The molecule has 0 saturated heterocycles. The van der Waals surface area contributed by atoms with Gasteiger partial charge in [0, 0.05) is 20.2 Å². The summed E-state index contributed by atoms with van der Waals surface area (Å²) < 4.78 is 22.3. The molecular weight excluding hydrogens is 218 g/mol. The molecule has 0 fully saturated rings. The average molecular weight is 229 g/mol. The summed E-state index contributed by atoms with van der Waals surface area (Å²) >= 11 is 0. The van der Waals surface area contributed by atoms with Crippen LogP contribution >= 0.6 is 0 Å². The molecule has 1 rings (SSSR count). The number of sulfonamides is 1. The van der Waals surface area contributed by atoms with Crippen LogP contribution in [0, 0.1) is 0 Å². The van der Waals surface area contributed by atoms with Gasteiger partial charge in [-0.1, -0.05) is 0 Å². The Morgan fingerprint density at radius 2 is 2.13 bits per heavy atom. The van der Waals surface area contributed by atoms with Crippen molar-refractivity contribution in [2.24, 2.45) is 5.14 Å². The molecule has 0 aliphatic carbocycles. The minimum atomic E-state index is -3.92. The monoisotopic (exact) mass is 229 g/mol. The molecule has 0 bridgehead atoms. The van der Waals surface area contributed by atoms with E-state index in [1.54, 1.807) is 0 Å². The number of nitrogens with zero attached hydrogens (tertiary/aromatic N) is 2. The van der Waals surface area contributed by atoms with Crippen molar-refractivity contribution in [3.05, 3.63) is 18.3 Å². The SMILES string of the molecule is CC(=O)N(C)c1cccnc1S(N)(=O)=O. The van der Waals surface area contributed by atoms with Crippen LogP contribution in [0.15, 0.2) is 23.4 Å². The molecule has 1 aromatic rings. The Bertz CT molecular complexity index is 484. The number of nitrogens with two attached hydrogens (primary N) is 1. The van der Waals surface area contributed by atoms with Crippen molar-refractivity contribution in [2.45, 2.75) is 11.9 Å². The van der Waals surface area contributed by atoms with E-state index in [1.165, 1.54) is 37.2 Å². The van der Waals surface area contributed by atoms with E-state index in [0.29, 0.717) is 0 Å². The van der Waals surface area contributed by atoms with Crippen molar-refractivity contribution >= 4 is 21.6 Å². The summed E-state index contributed by atoms with van der Waals surface area (Å²) in [5.74, 6) is -0.298. The Kier molecular flexibility index (Phi) is 3.06. The second-order valence-electron chi connectivity index (χ2n) is 2.95. The number of pyridine rings is 1. The minimum Gasteiger partial charge on any atom is -0.313 e. The quantitative estimate of drug-likeness (QED) is 0.754. The topological polar surface area (TPSA) is 93.4 Å². The fraction of sp³-hybridized carbons (Fsp3) is 0.250. The number of carbonyl (C=O) groups is 1. The number of rotatable bonds is 2. The van der Waals surface area contributed by atoms with E-state index in [-0.39, 0.29) is 16.6 Å². The fourth-order valence-corrected chi connectivity index (χ4v) is 1.73. The standard InChI is InChI=1S/C8H11N3O3S/c1-6(12)11(2)7-4-3-5-10-8(7)15(9,13)14/h3-5H,1-2H3,(H2,9,13,14). The first kappa shape index (κ1) is 11.6. The molecule has 0 aliphatic heterocycles. The average Bonchev–Trinajstić information content (AvgIpc) is 2.15. The van der Waals surface area contributed by atoms with E-state index in [1.807, 2.05) is 0 Å². The molecule has 0 saturated carbocycles. The summed E-state index contributed by atoms with van der Waals surface area (Å²) in [4.78, 5) is 15.9. The van der Waals surface area contributed by atoms with Crippen molar-refractivity contribution in [1.29, 1.82) is 0 Å². The van der Waals surface area contributed by atoms with Crippen LogP contribution in [-0.2, 0) is 14.8 Å². The van der Waals surface area contributed by atoms with Gasteiger partial charge in [0.2, 0.25) is 5.91 Å². The van der Waals surface area contributed by atoms with E-state index in [2.05, 4.69) is 4.98 Å². The molecule has 0 radical (unpaired) electrons. The molecule has 0 atom stereocenters. The van der Waals surface area contributed by atoms with E-state index in [0.717, 1.165) is 0 Å². The molecule has 15 heavy (non-hydrogen) atoms. The van der Waals surface area contributed by atoms with Gasteiger partial charge in [-0.2, -0.15) is 0 Å². The first-order chi connectivity index (χ1) is 6.84. The van der Waals surface area contributed by atoms with Crippen molar-refractivity contribution in [3.8, 4) is 0 Å². The van der Waals surface area contributed by atoms with Crippen LogP contribution in [0.5, 0.6) is 0 Å². The summed E-state index contributed by atoms with van der Waals surface area (Å²) in [6, 6.07) is 3.00. The molecule has 82 valence electrons. The summed E-state index contributed by atoms with van der Waals surface area (Å²) in [7, 11) is -2.46. The van der Waals surface area contributed by atoms with Gasteiger partial charge in [0.05, 0.1) is 5.69 Å². The van der Waals surface area contributed by atoms with Crippen LogP contribution in [0.2, 0.25) is 0 Å². The van der Waals surface area contributed by atoms with E-state index >= 15 is 0 Å². The largest absolute Gasteiger partial charge is 0.313 e. The zero-order chi connectivity index (χ0) is 11.6. The van der Waals surface area contributed by atoms with Crippen LogP contribution in [0.1, 0.15) is 6.92 Å². The van der Waals surface area contributed by atoms with Gasteiger partial charge in [0.15, 0.2) is 5.03 Å². The number of hydrogen-bond acceptors (Lipinski definition) is 4. The van der Waals surface area contributed by atoms with Crippen molar-refractivity contribution in [2.75, 3.05) is 11.9 Å². The summed E-state index contributed by atoms with van der Waals surface area (Å²) in [5, 5.41) is 4.66. The molecule has 0 unspecified atom stereocenters. The van der Waals surface area contributed by atoms with Gasteiger partial charge in [-0.3, -0.25) is 4.79 Å². The second kappa shape index (κ2) is 3.95. The Hall–Kier alpha value is -1.47. The molecular formula is C8H11N3O3S. The number of amides is 1. The van der Waals surface area contributed by atoms with Gasteiger partial charge in [-0.05, 0) is 12.1 Å². The van der Waals surface area contributed by atoms with Crippen LogP contribution in [-0.4, -0.2) is 26.4 Å². The van der Waals surface area contributed by atoms with E-state index in [4.69, 9.17) is 5.14 Å². The normalized spacial score (nSPS) is 11.1. The van der Waals surface area contributed by atoms with Crippen molar-refractivity contribution < 1.29 is 13.2 Å². The van der Waals surface area contributed by atoms with E-state index in [9.17, 15) is 13.2 Å². The molecule has 0 aliphatic rings. The molecule has 1 heterocycles. The van der Waals surface area contributed by atoms with Crippen LogP contribution in [0.4, 0.5) is 5.69 Å². The first-order valence-corrected chi connectivity index (χ1v) is 5.61. The lowest BCUT2D eigenvalue weighted by atomic mass is 10.4. The number of primary sulfonamides is 1. The first-order valence-electron chi connectivity index (χ1n) is 4.06.